The van der Waals surface area contributed by atoms with E-state index in [0.717, 1.165) is 10.5 Å². The highest BCUT2D eigenvalue weighted by Crippen LogP contribution is 2.43. The number of hydrogen-bond acceptors (Lipinski definition) is 5. The number of hydrogen-bond donors (Lipinski definition) is 1. The Morgan fingerprint density at radius 1 is 0.794 bits per heavy atom. The number of aliphatic hydroxyl groups excluding tert-OH is 1. The molecule has 0 aromatic heterocycles. The third kappa shape index (κ3) is 3.28. The second kappa shape index (κ2) is 8.43. The lowest BCUT2D eigenvalue weighted by Crippen LogP contribution is -2.72. The van der Waals surface area contributed by atoms with Crippen molar-refractivity contribution in [1.29, 1.82) is 0 Å². The summed E-state index contributed by atoms with van der Waals surface area (Å²) < 4.78 is 5.21. The van der Waals surface area contributed by atoms with Crippen LogP contribution in [0.1, 0.15) is 39.1 Å². The molecular weight excluding hydrogens is 432 g/mol. The summed E-state index contributed by atoms with van der Waals surface area (Å²) in [5, 5.41) is 11.3. The molecule has 0 saturated carbocycles. The minimum Gasteiger partial charge on any atom is -0.497 e. The fraction of sp³-hybridized carbons (Fsp3) is 0.222. The van der Waals surface area contributed by atoms with Crippen LogP contribution < -0.4 is 9.64 Å². The first kappa shape index (κ1) is 21.9. The van der Waals surface area contributed by atoms with Crippen LogP contribution in [-0.2, 0) is 4.79 Å². The number of aliphatic hydroxyl groups is 1. The Labute approximate surface area is 197 Å². The number of fused-ring (bicyclic) bond motifs is 1. The smallest absolute Gasteiger partial charge is 0.263 e. The first-order valence-electron chi connectivity index (χ1n) is 11.1. The van der Waals surface area contributed by atoms with E-state index in [1.165, 1.54) is 4.90 Å². The van der Waals surface area contributed by atoms with Crippen LogP contribution in [-0.4, -0.2) is 47.1 Å². The number of ether oxygens (including phenoxy) is 1. The Balaban J connectivity index is 1.54. The van der Waals surface area contributed by atoms with Gasteiger partial charge in [0.2, 0.25) is 5.91 Å². The Hall–Kier alpha value is -3.97. The van der Waals surface area contributed by atoms with Crippen molar-refractivity contribution >= 4 is 23.4 Å². The number of benzene rings is 3. The van der Waals surface area contributed by atoms with E-state index in [4.69, 9.17) is 4.74 Å². The summed E-state index contributed by atoms with van der Waals surface area (Å²) in [5.41, 5.74) is 1.98. The fourth-order valence-corrected chi connectivity index (χ4v) is 4.83. The van der Waals surface area contributed by atoms with Crippen LogP contribution in [0.25, 0.3) is 0 Å². The van der Waals surface area contributed by atoms with Gasteiger partial charge in [-0.15, -0.1) is 0 Å². The van der Waals surface area contributed by atoms with Crippen LogP contribution in [0.15, 0.2) is 78.9 Å². The molecule has 34 heavy (non-hydrogen) atoms. The number of β-lactam (4-membered cyclic amide) rings is 1. The monoisotopic (exact) mass is 456 g/mol. The zero-order valence-corrected chi connectivity index (χ0v) is 18.8. The highest BCUT2D eigenvalue weighted by atomic mass is 16.5. The highest BCUT2D eigenvalue weighted by molar-refractivity contribution is 6.23. The normalized spacial score (nSPS) is 21.2. The van der Waals surface area contributed by atoms with Crippen molar-refractivity contribution in [2.45, 2.75) is 25.1 Å². The van der Waals surface area contributed by atoms with Crippen molar-refractivity contribution in [3.63, 3.8) is 0 Å². The number of anilines is 1. The molecule has 0 aliphatic carbocycles. The lowest BCUT2D eigenvalue weighted by atomic mass is 9.78. The van der Waals surface area contributed by atoms with Gasteiger partial charge in [-0.2, -0.15) is 0 Å². The molecule has 3 aromatic rings. The zero-order chi connectivity index (χ0) is 24.0. The minimum absolute atomic E-state index is 0.297. The molecule has 4 atom stereocenters. The standard InChI is InChI=1S/C27H24N2O5/c1-16(17-8-4-3-5-9-17)23(30)22-24(28(27(22)33)18-12-14-19(34-2)15-13-18)29-25(31)20-10-6-7-11-21(20)26(29)32/h3-16,22-24,30H,1-2H3/t16-,22+,23?,24+/m0/s1. The van der Waals surface area contributed by atoms with E-state index < -0.39 is 30.0 Å². The van der Waals surface area contributed by atoms with Gasteiger partial charge >= 0.3 is 0 Å². The third-order valence-corrected chi connectivity index (χ3v) is 6.75. The average Bonchev–Trinajstić information content (AvgIpc) is 3.12. The quantitative estimate of drug-likeness (QED) is 0.454. The Kier molecular flexibility index (Phi) is 5.42. The van der Waals surface area contributed by atoms with Gasteiger partial charge in [-0.3, -0.25) is 24.2 Å². The zero-order valence-electron chi connectivity index (χ0n) is 18.8. The van der Waals surface area contributed by atoms with Crippen molar-refractivity contribution in [2.75, 3.05) is 12.0 Å². The van der Waals surface area contributed by atoms with Gasteiger partial charge in [0.25, 0.3) is 11.8 Å². The molecule has 1 fully saturated rings. The van der Waals surface area contributed by atoms with Crippen molar-refractivity contribution in [2.24, 2.45) is 5.92 Å². The maximum Gasteiger partial charge on any atom is 0.263 e. The van der Waals surface area contributed by atoms with Crippen molar-refractivity contribution in [3.8, 4) is 5.75 Å². The number of rotatable bonds is 6. The van der Waals surface area contributed by atoms with Gasteiger partial charge in [-0.05, 0) is 42.0 Å². The average molecular weight is 456 g/mol. The maximum atomic E-state index is 13.4. The molecule has 7 nitrogen and oxygen atoms in total. The first-order valence-corrected chi connectivity index (χ1v) is 11.1. The summed E-state index contributed by atoms with van der Waals surface area (Å²) in [6, 6.07) is 22.8. The van der Waals surface area contributed by atoms with E-state index in [1.54, 1.807) is 55.6 Å². The largest absolute Gasteiger partial charge is 0.497 e. The number of carbonyl (C=O) groups excluding carboxylic acids is 3. The summed E-state index contributed by atoms with van der Waals surface area (Å²) >= 11 is 0. The van der Waals surface area contributed by atoms with Crippen LogP contribution >= 0.6 is 0 Å². The van der Waals surface area contributed by atoms with Gasteiger partial charge in [0, 0.05) is 11.6 Å². The lowest BCUT2D eigenvalue weighted by molar-refractivity contribution is -0.140. The predicted molar refractivity (Wildman–Crippen MR) is 126 cm³/mol. The summed E-state index contributed by atoms with van der Waals surface area (Å²) in [5.74, 6) is -2.02. The molecule has 2 aliphatic rings. The second-order valence-corrected chi connectivity index (χ2v) is 8.56. The fourth-order valence-electron chi connectivity index (χ4n) is 4.83. The number of carbonyl (C=O) groups is 3. The van der Waals surface area contributed by atoms with E-state index in [1.807, 2.05) is 37.3 Å². The van der Waals surface area contributed by atoms with Gasteiger partial charge in [0.1, 0.15) is 17.8 Å². The van der Waals surface area contributed by atoms with Crippen molar-refractivity contribution in [1.82, 2.24) is 4.90 Å². The van der Waals surface area contributed by atoms with E-state index in [-0.39, 0.29) is 11.8 Å². The molecule has 3 aromatic carbocycles. The molecule has 1 saturated heterocycles. The second-order valence-electron chi connectivity index (χ2n) is 8.56. The molecule has 2 aliphatic heterocycles. The minimum atomic E-state index is -1.10. The molecule has 7 heteroatoms. The molecule has 172 valence electrons. The number of imide groups is 1. The van der Waals surface area contributed by atoms with Gasteiger partial charge in [0.05, 0.1) is 24.3 Å². The number of nitrogens with zero attached hydrogens (tertiary/aromatic N) is 2. The summed E-state index contributed by atoms with van der Waals surface area (Å²) in [6.07, 6.45) is -2.05. The van der Waals surface area contributed by atoms with Gasteiger partial charge in [0.15, 0.2) is 0 Å². The molecule has 0 spiro atoms. The van der Waals surface area contributed by atoms with Crippen LogP contribution in [0, 0.1) is 5.92 Å². The molecule has 0 radical (unpaired) electrons. The molecule has 0 bridgehead atoms. The van der Waals surface area contributed by atoms with Gasteiger partial charge < -0.3 is 9.84 Å². The Morgan fingerprint density at radius 3 is 1.91 bits per heavy atom. The van der Waals surface area contributed by atoms with Crippen LogP contribution in [0.5, 0.6) is 5.75 Å². The van der Waals surface area contributed by atoms with Crippen LogP contribution in [0.3, 0.4) is 0 Å². The lowest BCUT2D eigenvalue weighted by Gasteiger charge is -2.52. The molecule has 1 unspecified atom stereocenters. The maximum absolute atomic E-state index is 13.4. The van der Waals surface area contributed by atoms with Crippen molar-refractivity contribution < 1.29 is 24.2 Å². The molecular formula is C27H24N2O5. The third-order valence-electron chi connectivity index (χ3n) is 6.75. The van der Waals surface area contributed by atoms with E-state index in [9.17, 15) is 19.5 Å². The number of methoxy groups -OCH3 is 1. The summed E-state index contributed by atoms with van der Waals surface area (Å²) in [7, 11) is 1.54. The summed E-state index contributed by atoms with van der Waals surface area (Å²) in [4.78, 5) is 42.6. The van der Waals surface area contributed by atoms with Gasteiger partial charge in [-0.25, -0.2) is 0 Å². The molecule has 3 amide bonds. The number of amides is 3. The SMILES string of the molecule is COc1ccc(N2C(=O)[C@H](C(O)[C@@H](C)c3ccccc3)[C@H]2N2C(=O)c3ccccc3C2=O)cc1. The Morgan fingerprint density at radius 2 is 1.35 bits per heavy atom. The van der Waals surface area contributed by atoms with E-state index in [2.05, 4.69) is 0 Å². The highest BCUT2D eigenvalue weighted by Gasteiger charge is 2.59. The first-order chi connectivity index (χ1) is 16.4. The summed E-state index contributed by atoms with van der Waals surface area (Å²) in [6.45, 7) is 1.84. The predicted octanol–water partition coefficient (Wildman–Crippen LogP) is 3.44. The van der Waals surface area contributed by atoms with Gasteiger partial charge in [-0.1, -0.05) is 49.4 Å². The van der Waals surface area contributed by atoms with E-state index in [0.29, 0.717) is 22.6 Å². The Bertz CT molecular complexity index is 1220. The molecule has 2 heterocycles. The van der Waals surface area contributed by atoms with E-state index >= 15 is 0 Å². The molecule has 5 rings (SSSR count). The van der Waals surface area contributed by atoms with Crippen molar-refractivity contribution in [3.05, 3.63) is 95.6 Å². The molecule has 1 N–H and O–H groups in total. The topological polar surface area (TPSA) is 87.2 Å². The van der Waals surface area contributed by atoms with Crippen LogP contribution in [0.4, 0.5) is 5.69 Å². The van der Waals surface area contributed by atoms with Crippen LogP contribution in [0.2, 0.25) is 0 Å².